The SMILES string of the molecule is CCCCCCCCCCCCCCCCC(=O)OC[C@H](COP(=O)(O)O[C@@H]1C(O[C@@H]2OC(CO[C@@H]3OC(CO[C@@H]4OC(CO)[C@H](O)C(O)[C@@H]4O)[C@H](O)C(O)[C@@H]3O)[C@H](O)C(O)[C@@H]2O)C(O)[C@@H](O)C(O)[C@H]1O[C@H]1OC(CO)[C@@H](O)C(O)[C@H]1O)OC(=O)CCCCCCCCCCCCCCC. The fraction of sp³-hybridized carbons (Fsp3) is 0.970. The molecule has 588 valence electrons. The first kappa shape index (κ1) is 88.7. The Balaban J connectivity index is 1.29. The van der Waals surface area contributed by atoms with E-state index in [4.69, 9.17) is 56.4 Å². The number of aliphatic hydroxyl groups is 17. The van der Waals surface area contributed by atoms with Gasteiger partial charge in [0.25, 0.3) is 0 Å². The first-order chi connectivity index (χ1) is 47.8. The molecule has 5 aliphatic rings. The lowest BCUT2D eigenvalue weighted by atomic mass is 9.84. The Morgan fingerprint density at radius 2 is 0.660 bits per heavy atom. The quantitative estimate of drug-likeness (QED) is 0.0206. The van der Waals surface area contributed by atoms with Crippen LogP contribution in [0.2, 0.25) is 0 Å². The number of ether oxygens (including phenoxy) is 10. The molecule has 0 aromatic rings. The maximum absolute atomic E-state index is 14.4. The number of aliphatic hydroxyl groups excluding tert-OH is 17. The molecule has 1 saturated carbocycles. The van der Waals surface area contributed by atoms with Crippen molar-refractivity contribution >= 4 is 19.8 Å². The number of unbranched alkanes of at least 4 members (excludes halogenated alkanes) is 25. The van der Waals surface area contributed by atoms with Crippen LogP contribution in [0.4, 0.5) is 0 Å². The highest BCUT2D eigenvalue weighted by atomic mass is 31.2. The largest absolute Gasteiger partial charge is 0.472 e. The van der Waals surface area contributed by atoms with Crippen LogP contribution in [0.5, 0.6) is 0 Å². The molecule has 4 aliphatic heterocycles. The predicted octanol–water partition coefficient (Wildman–Crippen LogP) is -0.589. The van der Waals surface area contributed by atoms with Gasteiger partial charge in [-0.25, -0.2) is 4.57 Å². The average molecular weight is 1470 g/mol. The Morgan fingerprint density at radius 3 is 1.03 bits per heavy atom. The third-order valence-corrected chi connectivity index (χ3v) is 20.1. The van der Waals surface area contributed by atoms with Crippen LogP contribution in [0.3, 0.4) is 0 Å². The van der Waals surface area contributed by atoms with Gasteiger partial charge in [-0.3, -0.25) is 18.6 Å². The molecule has 5 rings (SSSR count). The van der Waals surface area contributed by atoms with Crippen molar-refractivity contribution in [2.45, 2.75) is 366 Å². The minimum Gasteiger partial charge on any atom is -0.462 e. The van der Waals surface area contributed by atoms with E-state index in [-0.39, 0.29) is 12.8 Å². The smallest absolute Gasteiger partial charge is 0.462 e. The van der Waals surface area contributed by atoms with E-state index in [1.807, 2.05) is 0 Å². The van der Waals surface area contributed by atoms with E-state index in [1.165, 1.54) is 89.9 Å². The first-order valence-electron chi connectivity index (χ1n) is 36.4. The molecule has 0 amide bonds. The molecule has 4 heterocycles. The van der Waals surface area contributed by atoms with Crippen molar-refractivity contribution < 1.29 is 162 Å². The van der Waals surface area contributed by atoms with Gasteiger partial charge in [0.1, 0.15) is 141 Å². The second-order valence-corrected chi connectivity index (χ2v) is 28.6. The molecule has 12 unspecified atom stereocenters. The normalized spacial score (nSPS) is 36.6. The van der Waals surface area contributed by atoms with Crippen molar-refractivity contribution in [1.82, 2.24) is 0 Å². The van der Waals surface area contributed by atoms with Gasteiger partial charge >= 0.3 is 19.8 Å². The maximum atomic E-state index is 14.4. The van der Waals surface area contributed by atoms with Crippen LogP contribution in [0, 0.1) is 0 Å². The number of hydrogen-bond donors (Lipinski definition) is 18. The fourth-order valence-electron chi connectivity index (χ4n) is 12.8. The van der Waals surface area contributed by atoms with Gasteiger partial charge in [-0.2, -0.15) is 0 Å². The number of rotatable bonds is 49. The topological polar surface area (TPSA) is 526 Å². The molecular formula is C66H121O33P. The van der Waals surface area contributed by atoms with Crippen LogP contribution in [0.25, 0.3) is 0 Å². The fourth-order valence-corrected chi connectivity index (χ4v) is 13.7. The lowest BCUT2D eigenvalue weighted by molar-refractivity contribution is -0.365. The Hall–Kier alpha value is -1.95. The second kappa shape index (κ2) is 47.0. The summed E-state index contributed by atoms with van der Waals surface area (Å²) in [5.74, 6) is -1.44. The van der Waals surface area contributed by atoms with Crippen LogP contribution >= 0.6 is 7.82 Å². The zero-order valence-electron chi connectivity index (χ0n) is 58.0. The van der Waals surface area contributed by atoms with Gasteiger partial charge in [-0.05, 0) is 12.8 Å². The zero-order chi connectivity index (χ0) is 73.5. The van der Waals surface area contributed by atoms with E-state index >= 15 is 0 Å². The summed E-state index contributed by atoms with van der Waals surface area (Å²) in [7, 11) is -5.81. The first-order valence-corrected chi connectivity index (χ1v) is 37.9. The van der Waals surface area contributed by atoms with E-state index in [9.17, 15) is 106 Å². The monoisotopic (exact) mass is 1470 g/mol. The lowest BCUT2D eigenvalue weighted by Crippen LogP contribution is -2.69. The van der Waals surface area contributed by atoms with Gasteiger partial charge in [0, 0.05) is 12.8 Å². The number of carbonyl (C=O) groups is 2. The maximum Gasteiger partial charge on any atom is 0.472 e. The molecule has 33 nitrogen and oxygen atoms in total. The van der Waals surface area contributed by atoms with E-state index in [2.05, 4.69) is 13.8 Å². The van der Waals surface area contributed by atoms with Crippen molar-refractivity contribution in [3.63, 3.8) is 0 Å². The van der Waals surface area contributed by atoms with Gasteiger partial charge in [0.2, 0.25) is 0 Å². The summed E-state index contributed by atoms with van der Waals surface area (Å²) in [4.78, 5) is 38.1. The van der Waals surface area contributed by atoms with Gasteiger partial charge < -0.3 is 139 Å². The molecule has 5 fully saturated rings. The van der Waals surface area contributed by atoms with Gasteiger partial charge in [-0.1, -0.05) is 174 Å². The Morgan fingerprint density at radius 1 is 0.360 bits per heavy atom. The average Bonchev–Trinajstić information content (AvgIpc) is 0.762. The molecule has 34 heteroatoms. The summed E-state index contributed by atoms with van der Waals surface area (Å²) in [5, 5.41) is 183. The van der Waals surface area contributed by atoms with Crippen molar-refractivity contribution in [3.05, 3.63) is 0 Å². The molecule has 0 spiro atoms. The molecule has 0 aromatic carbocycles. The highest BCUT2D eigenvalue weighted by Gasteiger charge is 2.59. The third kappa shape index (κ3) is 28.3. The Bertz CT molecular complexity index is 2250. The summed E-state index contributed by atoms with van der Waals surface area (Å²) < 4.78 is 81.4. The molecule has 28 atom stereocenters. The van der Waals surface area contributed by atoms with Crippen LogP contribution in [0.1, 0.15) is 200 Å². The molecule has 18 N–H and O–H groups in total. The number of esters is 2. The summed E-state index contributed by atoms with van der Waals surface area (Å²) in [6, 6.07) is 0. The highest BCUT2D eigenvalue weighted by molar-refractivity contribution is 7.47. The van der Waals surface area contributed by atoms with Gasteiger partial charge in [-0.15, -0.1) is 0 Å². The zero-order valence-corrected chi connectivity index (χ0v) is 58.9. The van der Waals surface area contributed by atoms with Crippen molar-refractivity contribution in [2.75, 3.05) is 39.6 Å². The molecular weight excluding hydrogens is 1350 g/mol. The van der Waals surface area contributed by atoms with Crippen molar-refractivity contribution in [3.8, 4) is 0 Å². The standard InChI is InChI=1S/C66H121O33P/c1-3-5-7-9-11-13-15-17-19-20-22-24-26-28-30-43(69)88-34-38(92-44(70)31-29-27-25-23-21-18-16-14-12-10-8-6-4-2)35-91-100(86,87)99-62-60(97-65-58(84)50(76)46(72)40(33-68)94-65)54(80)53(79)55(81)61(62)98-66-59(85)52(78)48(74)42(96-66)37-90-64-57(83)51(77)47(73)41(95-64)36-89-63-56(82)49(75)45(71)39(32-67)93-63/h38-42,45-68,71-85H,3-37H2,1-2H3,(H,86,87)/t38-,39?,40?,41?,42?,45+,46-,47+,48+,49?,50?,51?,52?,53+,54?,55?,56+,57+,58-,59+,60-,61?,62+,63-,64-,65-,66+/m1/s1. The Kier molecular flexibility index (Phi) is 41.7. The van der Waals surface area contributed by atoms with Crippen molar-refractivity contribution in [1.29, 1.82) is 0 Å². The predicted molar refractivity (Wildman–Crippen MR) is 347 cm³/mol. The lowest BCUT2D eigenvalue weighted by Gasteiger charge is -2.49. The summed E-state index contributed by atoms with van der Waals surface area (Å²) in [5.41, 5.74) is 0. The minimum atomic E-state index is -5.81. The third-order valence-electron chi connectivity index (χ3n) is 19.1. The van der Waals surface area contributed by atoms with Crippen molar-refractivity contribution in [2.24, 2.45) is 0 Å². The molecule has 0 aromatic heterocycles. The number of phosphoric acid groups is 1. The van der Waals surface area contributed by atoms with Gasteiger partial charge in [0.15, 0.2) is 31.3 Å². The molecule has 4 saturated heterocycles. The highest BCUT2D eigenvalue weighted by Crippen LogP contribution is 2.49. The Labute approximate surface area is 585 Å². The number of carbonyl (C=O) groups excluding carboxylic acids is 2. The molecule has 100 heavy (non-hydrogen) atoms. The van der Waals surface area contributed by atoms with E-state index in [1.54, 1.807) is 0 Å². The van der Waals surface area contributed by atoms with Gasteiger partial charge in [0.05, 0.1) is 33.0 Å². The molecule has 1 aliphatic carbocycles. The van der Waals surface area contributed by atoms with Crippen LogP contribution < -0.4 is 0 Å². The van der Waals surface area contributed by atoms with E-state index < -0.39 is 225 Å². The molecule has 0 radical (unpaired) electrons. The molecule has 0 bridgehead atoms. The van der Waals surface area contributed by atoms with E-state index in [0.29, 0.717) is 19.3 Å². The number of phosphoric ester groups is 1. The van der Waals surface area contributed by atoms with E-state index in [0.717, 1.165) is 64.2 Å². The second-order valence-electron chi connectivity index (χ2n) is 27.2. The minimum absolute atomic E-state index is 0.00162. The summed E-state index contributed by atoms with van der Waals surface area (Å²) in [6.45, 7) is -0.900. The summed E-state index contributed by atoms with van der Waals surface area (Å²) >= 11 is 0. The van der Waals surface area contributed by atoms with Crippen LogP contribution in [-0.2, 0) is 70.6 Å². The van der Waals surface area contributed by atoms with Crippen LogP contribution in [0.15, 0.2) is 0 Å². The summed E-state index contributed by atoms with van der Waals surface area (Å²) in [6.07, 6.45) is -27.1. The van der Waals surface area contributed by atoms with Crippen LogP contribution in [-0.4, -0.2) is 309 Å². The number of hydrogen-bond acceptors (Lipinski definition) is 32.